The van der Waals surface area contributed by atoms with Crippen LogP contribution >= 0.6 is 0 Å². The summed E-state index contributed by atoms with van der Waals surface area (Å²) in [6.45, 7) is 6.70. The van der Waals surface area contributed by atoms with Gasteiger partial charge in [-0.3, -0.25) is 4.79 Å². The first-order valence-corrected chi connectivity index (χ1v) is 7.09. The van der Waals surface area contributed by atoms with Crippen LogP contribution in [0.1, 0.15) is 32.8 Å². The van der Waals surface area contributed by atoms with Crippen LogP contribution in [0.25, 0.3) is 0 Å². The second-order valence-corrected chi connectivity index (χ2v) is 5.39. The molecule has 0 N–H and O–H groups in total. The molecule has 0 bridgehead atoms. The minimum Gasteiger partial charge on any atom is -0.461 e. The van der Waals surface area contributed by atoms with Crippen molar-refractivity contribution in [1.82, 2.24) is 0 Å². The molecule has 1 aromatic rings. The zero-order valence-corrected chi connectivity index (χ0v) is 12.6. The third-order valence-electron chi connectivity index (χ3n) is 2.78. The highest BCUT2D eigenvalue weighted by Crippen LogP contribution is 2.03. The molecule has 0 aliphatic rings. The summed E-state index contributed by atoms with van der Waals surface area (Å²) in [5.74, 6) is 0.485. The van der Waals surface area contributed by atoms with Gasteiger partial charge in [-0.2, -0.15) is 0 Å². The number of carbonyl (C=O) groups is 1. The van der Waals surface area contributed by atoms with Gasteiger partial charge in [-0.1, -0.05) is 62.4 Å². The molecule has 0 spiro atoms. The predicted octanol–water partition coefficient (Wildman–Crippen LogP) is 4.32. The Bertz CT molecular complexity index is 456. The van der Waals surface area contributed by atoms with Crippen molar-refractivity contribution in [3.8, 4) is 0 Å². The van der Waals surface area contributed by atoms with Crippen LogP contribution in [0.3, 0.4) is 0 Å². The number of rotatable bonds is 7. The van der Waals surface area contributed by atoms with Gasteiger partial charge in [-0.25, -0.2) is 0 Å². The van der Waals surface area contributed by atoms with Crippen LogP contribution in [-0.2, 0) is 16.0 Å². The van der Waals surface area contributed by atoms with Gasteiger partial charge in [0.15, 0.2) is 0 Å². The highest BCUT2D eigenvalue weighted by molar-refractivity contribution is 5.72. The average molecular weight is 272 g/mol. The van der Waals surface area contributed by atoms with Crippen molar-refractivity contribution in [3.05, 3.63) is 59.7 Å². The lowest BCUT2D eigenvalue weighted by molar-refractivity contribution is -0.141. The summed E-state index contributed by atoms with van der Waals surface area (Å²) in [4.78, 5) is 11.7. The fraction of sp³-hybridized carbons (Fsp3) is 0.389. The smallest absolute Gasteiger partial charge is 0.310 e. The minimum atomic E-state index is -0.185. The van der Waals surface area contributed by atoms with Crippen molar-refractivity contribution in [3.63, 3.8) is 0 Å². The van der Waals surface area contributed by atoms with Crippen molar-refractivity contribution < 1.29 is 9.53 Å². The third kappa shape index (κ3) is 7.57. The van der Waals surface area contributed by atoms with E-state index in [-0.39, 0.29) is 5.97 Å². The molecular weight excluding hydrogens is 248 g/mol. The van der Waals surface area contributed by atoms with Gasteiger partial charge >= 0.3 is 5.97 Å². The molecule has 0 heterocycles. The minimum absolute atomic E-state index is 0.185. The number of esters is 1. The molecule has 0 radical (unpaired) electrons. The Morgan fingerprint density at radius 3 is 2.60 bits per heavy atom. The molecule has 20 heavy (non-hydrogen) atoms. The van der Waals surface area contributed by atoms with Crippen LogP contribution in [0.5, 0.6) is 0 Å². The zero-order chi connectivity index (χ0) is 14.8. The van der Waals surface area contributed by atoms with E-state index in [2.05, 4.69) is 19.9 Å². The molecule has 0 aliphatic heterocycles. The molecule has 0 saturated carbocycles. The van der Waals surface area contributed by atoms with Gasteiger partial charge in [0.25, 0.3) is 0 Å². The maximum atomic E-state index is 11.7. The first-order valence-electron chi connectivity index (χ1n) is 7.09. The summed E-state index contributed by atoms with van der Waals surface area (Å²) in [5, 5.41) is 0. The van der Waals surface area contributed by atoms with Gasteiger partial charge in [0.05, 0.1) is 6.42 Å². The standard InChI is InChI=1S/C18H24O2/c1-15(2)9-7-8-10-16(3)14-20-18(19)13-17-11-5-4-6-12-17/h4-8,10-12,15H,9,13-14H2,1-3H3/b8-7+,16-10+. The van der Waals surface area contributed by atoms with Crippen LogP contribution in [0.15, 0.2) is 54.1 Å². The van der Waals surface area contributed by atoms with E-state index in [1.165, 1.54) is 0 Å². The Balaban J connectivity index is 2.30. The molecule has 1 aromatic carbocycles. The van der Waals surface area contributed by atoms with Gasteiger partial charge in [0.1, 0.15) is 6.61 Å². The van der Waals surface area contributed by atoms with E-state index in [0.717, 1.165) is 17.6 Å². The number of ether oxygens (including phenoxy) is 1. The maximum absolute atomic E-state index is 11.7. The fourth-order valence-electron chi connectivity index (χ4n) is 1.64. The van der Waals surface area contributed by atoms with Crippen molar-refractivity contribution in [1.29, 1.82) is 0 Å². The second-order valence-electron chi connectivity index (χ2n) is 5.39. The second kappa shape index (κ2) is 9.13. The molecule has 0 fully saturated rings. The van der Waals surface area contributed by atoms with Crippen LogP contribution in [-0.4, -0.2) is 12.6 Å². The molecule has 0 saturated heterocycles. The average Bonchev–Trinajstić information content (AvgIpc) is 2.42. The number of hydrogen-bond acceptors (Lipinski definition) is 2. The van der Waals surface area contributed by atoms with Gasteiger partial charge in [-0.05, 0) is 30.4 Å². The van der Waals surface area contributed by atoms with E-state index < -0.39 is 0 Å². The summed E-state index contributed by atoms with van der Waals surface area (Å²) in [6, 6.07) is 9.64. The van der Waals surface area contributed by atoms with Gasteiger partial charge in [0.2, 0.25) is 0 Å². The molecular formula is C18H24O2. The van der Waals surface area contributed by atoms with Crippen molar-refractivity contribution in [2.24, 2.45) is 5.92 Å². The topological polar surface area (TPSA) is 26.3 Å². The molecule has 0 aromatic heterocycles. The van der Waals surface area contributed by atoms with Crippen molar-refractivity contribution in [2.75, 3.05) is 6.61 Å². The summed E-state index contributed by atoms with van der Waals surface area (Å²) in [7, 11) is 0. The lowest BCUT2D eigenvalue weighted by atomic mass is 10.1. The molecule has 108 valence electrons. The number of hydrogen-bond donors (Lipinski definition) is 0. The molecule has 0 amide bonds. The monoisotopic (exact) mass is 272 g/mol. The predicted molar refractivity (Wildman–Crippen MR) is 83.5 cm³/mol. The van der Waals surface area contributed by atoms with Crippen LogP contribution in [0.4, 0.5) is 0 Å². The van der Waals surface area contributed by atoms with E-state index in [1.807, 2.05) is 49.4 Å². The molecule has 1 rings (SSSR count). The maximum Gasteiger partial charge on any atom is 0.310 e. The summed E-state index contributed by atoms with van der Waals surface area (Å²) in [6.07, 6.45) is 7.56. The van der Waals surface area contributed by atoms with Crippen LogP contribution in [0.2, 0.25) is 0 Å². The fourth-order valence-corrected chi connectivity index (χ4v) is 1.64. The Kier molecular flexibility index (Phi) is 7.41. The third-order valence-corrected chi connectivity index (χ3v) is 2.78. The quantitative estimate of drug-likeness (QED) is 0.546. The molecule has 2 nitrogen and oxygen atoms in total. The Morgan fingerprint density at radius 2 is 1.95 bits per heavy atom. The van der Waals surface area contributed by atoms with Gasteiger partial charge < -0.3 is 4.74 Å². The highest BCUT2D eigenvalue weighted by Gasteiger charge is 2.04. The molecule has 0 aliphatic carbocycles. The van der Waals surface area contributed by atoms with Crippen molar-refractivity contribution in [2.45, 2.75) is 33.6 Å². The van der Waals surface area contributed by atoms with Crippen LogP contribution < -0.4 is 0 Å². The van der Waals surface area contributed by atoms with Gasteiger partial charge in [0, 0.05) is 0 Å². The summed E-state index contributed by atoms with van der Waals surface area (Å²) >= 11 is 0. The van der Waals surface area contributed by atoms with E-state index in [0.29, 0.717) is 18.9 Å². The number of allylic oxidation sites excluding steroid dienone is 3. The van der Waals surface area contributed by atoms with Crippen LogP contribution in [0, 0.1) is 5.92 Å². The van der Waals surface area contributed by atoms with E-state index in [4.69, 9.17) is 4.74 Å². The number of benzene rings is 1. The summed E-state index contributed by atoms with van der Waals surface area (Å²) < 4.78 is 5.24. The largest absolute Gasteiger partial charge is 0.461 e. The van der Waals surface area contributed by atoms with E-state index in [9.17, 15) is 4.79 Å². The Labute approximate surface area is 122 Å². The van der Waals surface area contributed by atoms with Gasteiger partial charge in [-0.15, -0.1) is 0 Å². The first kappa shape index (κ1) is 16.2. The molecule has 0 unspecified atom stereocenters. The highest BCUT2D eigenvalue weighted by atomic mass is 16.5. The molecule has 2 heteroatoms. The Hall–Kier alpha value is -1.83. The Morgan fingerprint density at radius 1 is 1.25 bits per heavy atom. The van der Waals surface area contributed by atoms with Crippen molar-refractivity contribution >= 4 is 5.97 Å². The SMILES string of the molecule is C/C(=C\C=C\CC(C)C)COC(=O)Cc1ccccc1. The zero-order valence-electron chi connectivity index (χ0n) is 12.6. The first-order chi connectivity index (χ1) is 9.58. The molecule has 0 atom stereocenters. The summed E-state index contributed by atoms with van der Waals surface area (Å²) in [5.41, 5.74) is 2.03. The normalized spacial score (nSPS) is 12.1. The van der Waals surface area contributed by atoms with E-state index in [1.54, 1.807) is 0 Å². The number of carbonyl (C=O) groups excluding carboxylic acids is 1. The lowest BCUT2D eigenvalue weighted by Crippen LogP contribution is -2.09. The van der Waals surface area contributed by atoms with E-state index >= 15 is 0 Å². The lowest BCUT2D eigenvalue weighted by Gasteiger charge is -2.04.